The van der Waals surface area contributed by atoms with Crippen LogP contribution in [0.15, 0.2) is 0 Å². The molecule has 0 saturated carbocycles. The average molecular weight is 255 g/mol. The van der Waals surface area contributed by atoms with Crippen LogP contribution in [0.2, 0.25) is 0 Å². The molecule has 1 amide bonds. The molecule has 104 valence electrons. The predicted octanol–water partition coefficient (Wildman–Crippen LogP) is -0.0346. The molecule has 0 aliphatic carbocycles. The fourth-order valence-corrected chi connectivity index (χ4v) is 2.65. The zero-order valence-corrected chi connectivity index (χ0v) is 11.3. The Hall–Kier alpha value is -0.650. The molecule has 2 aliphatic heterocycles. The van der Waals surface area contributed by atoms with Crippen molar-refractivity contribution in [2.24, 2.45) is 0 Å². The van der Waals surface area contributed by atoms with Crippen LogP contribution in [-0.2, 0) is 9.53 Å². The summed E-state index contributed by atoms with van der Waals surface area (Å²) in [5.41, 5.74) is 0. The third-order valence-electron chi connectivity index (χ3n) is 3.69. The summed E-state index contributed by atoms with van der Waals surface area (Å²) in [5.74, 6) is 0.0520. The van der Waals surface area contributed by atoms with Gasteiger partial charge in [-0.2, -0.15) is 0 Å². The zero-order valence-electron chi connectivity index (χ0n) is 11.3. The van der Waals surface area contributed by atoms with Gasteiger partial charge in [-0.3, -0.25) is 4.79 Å². The van der Waals surface area contributed by atoms with Crippen molar-refractivity contribution in [2.45, 2.75) is 38.3 Å². The molecule has 0 aromatic carbocycles. The van der Waals surface area contributed by atoms with Crippen molar-refractivity contribution < 1.29 is 9.53 Å². The van der Waals surface area contributed by atoms with E-state index in [1.54, 1.807) is 0 Å². The average Bonchev–Trinajstić information content (AvgIpc) is 2.42. The van der Waals surface area contributed by atoms with Gasteiger partial charge in [0.1, 0.15) is 6.10 Å². The van der Waals surface area contributed by atoms with E-state index in [2.05, 4.69) is 22.5 Å². The lowest BCUT2D eigenvalue weighted by molar-refractivity contribution is -0.135. The maximum absolute atomic E-state index is 12.0. The molecular formula is C13H25N3O2. The van der Waals surface area contributed by atoms with Gasteiger partial charge in [0.2, 0.25) is 0 Å². The minimum absolute atomic E-state index is 0.0520. The summed E-state index contributed by atoms with van der Waals surface area (Å²) >= 11 is 0. The predicted molar refractivity (Wildman–Crippen MR) is 70.5 cm³/mol. The SMILES string of the molecule is CCCN1CCC(NC(=O)C2CNCCO2)CC1. The number of carbonyl (C=O) groups is 1. The quantitative estimate of drug-likeness (QED) is 0.740. The van der Waals surface area contributed by atoms with Crippen molar-refractivity contribution in [1.29, 1.82) is 0 Å². The number of likely N-dealkylation sites (tertiary alicyclic amines) is 1. The van der Waals surface area contributed by atoms with Crippen LogP contribution in [0.3, 0.4) is 0 Å². The number of carbonyl (C=O) groups excluding carboxylic acids is 1. The molecule has 1 unspecified atom stereocenters. The van der Waals surface area contributed by atoms with Crippen LogP contribution >= 0.6 is 0 Å². The van der Waals surface area contributed by atoms with Crippen LogP contribution in [-0.4, -0.2) is 62.3 Å². The molecule has 0 radical (unpaired) electrons. The number of rotatable bonds is 4. The maximum atomic E-state index is 12.0. The number of hydrogen-bond acceptors (Lipinski definition) is 4. The first-order valence-electron chi connectivity index (χ1n) is 7.14. The smallest absolute Gasteiger partial charge is 0.250 e. The van der Waals surface area contributed by atoms with Gasteiger partial charge in [0.05, 0.1) is 6.61 Å². The van der Waals surface area contributed by atoms with Crippen LogP contribution in [0.5, 0.6) is 0 Å². The van der Waals surface area contributed by atoms with E-state index in [1.165, 1.54) is 13.0 Å². The van der Waals surface area contributed by atoms with Crippen LogP contribution in [0.1, 0.15) is 26.2 Å². The standard InChI is InChI=1S/C13H25N3O2/c1-2-6-16-7-3-11(4-8-16)15-13(17)12-10-14-5-9-18-12/h11-12,14H,2-10H2,1H3,(H,15,17). The van der Waals surface area contributed by atoms with Crippen LogP contribution in [0, 0.1) is 0 Å². The lowest BCUT2D eigenvalue weighted by Crippen LogP contribution is -2.52. The van der Waals surface area contributed by atoms with Gasteiger partial charge < -0.3 is 20.3 Å². The molecule has 18 heavy (non-hydrogen) atoms. The Morgan fingerprint density at radius 3 is 2.83 bits per heavy atom. The van der Waals surface area contributed by atoms with Crippen molar-refractivity contribution in [1.82, 2.24) is 15.5 Å². The molecule has 0 aromatic heterocycles. The topological polar surface area (TPSA) is 53.6 Å². The molecule has 2 N–H and O–H groups in total. The Bertz CT molecular complexity index is 259. The Kier molecular flexibility index (Phi) is 5.41. The van der Waals surface area contributed by atoms with E-state index < -0.39 is 0 Å². The molecule has 5 heteroatoms. The van der Waals surface area contributed by atoms with Crippen molar-refractivity contribution in [3.05, 3.63) is 0 Å². The lowest BCUT2D eigenvalue weighted by atomic mass is 10.0. The molecule has 2 aliphatic rings. The monoisotopic (exact) mass is 255 g/mol. The third-order valence-corrected chi connectivity index (χ3v) is 3.69. The second-order valence-electron chi connectivity index (χ2n) is 5.19. The van der Waals surface area contributed by atoms with E-state index in [4.69, 9.17) is 4.74 Å². The van der Waals surface area contributed by atoms with Gasteiger partial charge in [-0.15, -0.1) is 0 Å². The largest absolute Gasteiger partial charge is 0.366 e. The lowest BCUT2D eigenvalue weighted by Gasteiger charge is -2.33. The molecule has 0 aromatic rings. The summed E-state index contributed by atoms with van der Waals surface area (Å²) in [7, 11) is 0. The molecule has 2 saturated heterocycles. The number of hydrogen-bond donors (Lipinski definition) is 2. The Labute approximate surface area is 109 Å². The maximum Gasteiger partial charge on any atom is 0.250 e. The Balaban J connectivity index is 1.68. The third kappa shape index (κ3) is 3.93. The number of ether oxygens (including phenoxy) is 1. The summed E-state index contributed by atoms with van der Waals surface area (Å²) in [6.45, 7) is 7.70. The van der Waals surface area contributed by atoms with Crippen LogP contribution in [0.4, 0.5) is 0 Å². The highest BCUT2D eigenvalue weighted by Crippen LogP contribution is 2.11. The highest BCUT2D eigenvalue weighted by atomic mass is 16.5. The summed E-state index contributed by atoms with van der Waals surface area (Å²) in [6.07, 6.45) is 3.03. The van der Waals surface area contributed by atoms with Crippen molar-refractivity contribution in [3.8, 4) is 0 Å². The number of piperidine rings is 1. The van der Waals surface area contributed by atoms with Gasteiger partial charge in [0.15, 0.2) is 0 Å². The second kappa shape index (κ2) is 7.07. The Morgan fingerprint density at radius 2 is 2.22 bits per heavy atom. The second-order valence-corrected chi connectivity index (χ2v) is 5.19. The minimum atomic E-state index is -0.299. The minimum Gasteiger partial charge on any atom is -0.366 e. The van der Waals surface area contributed by atoms with E-state index >= 15 is 0 Å². The van der Waals surface area contributed by atoms with E-state index in [-0.39, 0.29) is 12.0 Å². The highest BCUT2D eigenvalue weighted by molar-refractivity contribution is 5.81. The van der Waals surface area contributed by atoms with Crippen molar-refractivity contribution in [3.63, 3.8) is 0 Å². The number of morpholine rings is 1. The first-order chi connectivity index (χ1) is 8.79. The fourth-order valence-electron chi connectivity index (χ4n) is 2.65. The molecule has 2 rings (SSSR count). The summed E-state index contributed by atoms with van der Waals surface area (Å²) in [6, 6.07) is 0.330. The van der Waals surface area contributed by atoms with Crippen LogP contribution < -0.4 is 10.6 Å². The van der Waals surface area contributed by atoms with Gasteiger partial charge in [-0.05, 0) is 25.8 Å². The van der Waals surface area contributed by atoms with E-state index in [9.17, 15) is 4.79 Å². The molecule has 0 spiro atoms. The highest BCUT2D eigenvalue weighted by Gasteiger charge is 2.26. The molecular weight excluding hydrogens is 230 g/mol. The van der Waals surface area contributed by atoms with Crippen molar-refractivity contribution >= 4 is 5.91 Å². The summed E-state index contributed by atoms with van der Waals surface area (Å²) in [4.78, 5) is 14.5. The summed E-state index contributed by atoms with van der Waals surface area (Å²) < 4.78 is 5.46. The van der Waals surface area contributed by atoms with E-state index in [0.717, 1.165) is 32.5 Å². The number of nitrogens with one attached hydrogen (secondary N) is 2. The van der Waals surface area contributed by atoms with Gasteiger partial charge in [0.25, 0.3) is 5.91 Å². The van der Waals surface area contributed by atoms with Crippen molar-refractivity contribution in [2.75, 3.05) is 39.3 Å². The van der Waals surface area contributed by atoms with Gasteiger partial charge in [0, 0.05) is 32.2 Å². The normalized spacial score (nSPS) is 27.1. The fraction of sp³-hybridized carbons (Fsp3) is 0.923. The van der Waals surface area contributed by atoms with Gasteiger partial charge in [-0.25, -0.2) is 0 Å². The molecule has 2 heterocycles. The van der Waals surface area contributed by atoms with E-state index in [0.29, 0.717) is 19.2 Å². The van der Waals surface area contributed by atoms with Gasteiger partial charge in [-0.1, -0.05) is 6.92 Å². The van der Waals surface area contributed by atoms with Crippen LogP contribution in [0.25, 0.3) is 0 Å². The molecule has 2 fully saturated rings. The first kappa shape index (κ1) is 13.8. The zero-order chi connectivity index (χ0) is 12.8. The number of amides is 1. The molecule has 1 atom stereocenters. The molecule has 0 bridgehead atoms. The number of nitrogens with zero attached hydrogens (tertiary/aromatic N) is 1. The summed E-state index contributed by atoms with van der Waals surface area (Å²) in [5, 5.41) is 6.30. The van der Waals surface area contributed by atoms with E-state index in [1.807, 2.05) is 0 Å². The Morgan fingerprint density at radius 1 is 1.44 bits per heavy atom. The van der Waals surface area contributed by atoms with Gasteiger partial charge >= 0.3 is 0 Å². The first-order valence-corrected chi connectivity index (χ1v) is 7.14. The molecule has 5 nitrogen and oxygen atoms in total.